The van der Waals surface area contributed by atoms with Gasteiger partial charge in [-0.3, -0.25) is 0 Å². The van der Waals surface area contributed by atoms with E-state index in [-0.39, 0.29) is 10.8 Å². The van der Waals surface area contributed by atoms with Crippen molar-refractivity contribution < 1.29 is 4.74 Å². The maximum absolute atomic E-state index is 5.80. The van der Waals surface area contributed by atoms with E-state index in [4.69, 9.17) is 4.74 Å². The Labute approximate surface area is 92.5 Å². The van der Waals surface area contributed by atoms with E-state index in [1.807, 2.05) is 0 Å². The molecule has 0 unspecified atom stereocenters. The number of fused-ring (bicyclic) bond motifs is 1. The number of rotatable bonds is 0. The lowest BCUT2D eigenvalue weighted by atomic mass is 9.90. The van der Waals surface area contributed by atoms with Gasteiger partial charge in [0.05, 0.1) is 0 Å². The molecule has 1 heterocycles. The Hall–Kier alpha value is -0.980. The van der Waals surface area contributed by atoms with Crippen LogP contribution in [-0.4, -0.2) is 6.61 Å². The molecule has 0 aromatic carbocycles. The van der Waals surface area contributed by atoms with E-state index < -0.39 is 0 Å². The molecule has 1 nitrogen and oxygen atoms in total. The van der Waals surface area contributed by atoms with Crippen LogP contribution in [0.3, 0.4) is 0 Å². The molecule has 0 saturated carbocycles. The predicted molar refractivity (Wildman–Crippen MR) is 63.4 cm³/mol. The van der Waals surface area contributed by atoms with Gasteiger partial charge < -0.3 is 4.74 Å². The van der Waals surface area contributed by atoms with Crippen LogP contribution in [0.2, 0.25) is 0 Å². The monoisotopic (exact) mass is 204 g/mol. The maximum atomic E-state index is 5.80. The molecule has 0 bridgehead atoms. The third-order valence-corrected chi connectivity index (χ3v) is 2.85. The van der Waals surface area contributed by atoms with Crippen molar-refractivity contribution >= 4 is 0 Å². The highest BCUT2D eigenvalue weighted by Gasteiger charge is 2.29. The lowest BCUT2D eigenvalue weighted by Gasteiger charge is -2.27. The largest absolute Gasteiger partial charge is 0.493 e. The van der Waals surface area contributed by atoms with Crippen LogP contribution in [0.5, 0.6) is 0 Å². The van der Waals surface area contributed by atoms with E-state index in [1.54, 1.807) is 0 Å². The van der Waals surface area contributed by atoms with Gasteiger partial charge in [0, 0.05) is 10.8 Å². The molecule has 0 saturated heterocycles. The summed E-state index contributed by atoms with van der Waals surface area (Å²) in [5.74, 6) is 1.10. The lowest BCUT2D eigenvalue weighted by molar-refractivity contribution is 0.166. The summed E-state index contributed by atoms with van der Waals surface area (Å²) in [6.45, 7) is 11.8. The number of hydrogen-bond donors (Lipinski definition) is 0. The van der Waals surface area contributed by atoms with Crippen molar-refractivity contribution in [3.63, 3.8) is 0 Å². The average Bonchev–Trinajstić information content (AvgIpc) is 2.34. The van der Waals surface area contributed by atoms with Crippen LogP contribution in [0.1, 0.15) is 34.6 Å². The first kappa shape index (κ1) is 10.5. The zero-order valence-corrected chi connectivity index (χ0v) is 10.3. The molecule has 0 aromatic rings. The topological polar surface area (TPSA) is 9.23 Å². The SMILES string of the molecule is CC1(C)C=C2C=C(C(C)(C)C)OCC2=C1. The van der Waals surface area contributed by atoms with Crippen LogP contribution in [0, 0.1) is 10.8 Å². The molecule has 0 aromatic heterocycles. The molecule has 0 fully saturated rings. The number of allylic oxidation sites excluding steroid dienone is 4. The molecule has 1 heteroatoms. The summed E-state index contributed by atoms with van der Waals surface area (Å²) in [6, 6.07) is 0. The van der Waals surface area contributed by atoms with Crippen molar-refractivity contribution in [3.05, 3.63) is 35.1 Å². The number of ether oxygens (including phenoxy) is 1. The van der Waals surface area contributed by atoms with E-state index in [9.17, 15) is 0 Å². The van der Waals surface area contributed by atoms with Crippen molar-refractivity contribution in [1.82, 2.24) is 0 Å². The summed E-state index contributed by atoms with van der Waals surface area (Å²) in [7, 11) is 0. The summed E-state index contributed by atoms with van der Waals surface area (Å²) >= 11 is 0. The second-order valence-corrected chi connectivity index (χ2v) is 6.14. The smallest absolute Gasteiger partial charge is 0.113 e. The van der Waals surface area contributed by atoms with Gasteiger partial charge in [0.15, 0.2) is 0 Å². The second-order valence-electron chi connectivity index (χ2n) is 6.14. The van der Waals surface area contributed by atoms with Crippen LogP contribution >= 0.6 is 0 Å². The Morgan fingerprint density at radius 2 is 1.87 bits per heavy atom. The lowest BCUT2D eigenvalue weighted by Crippen LogP contribution is -2.17. The zero-order valence-electron chi connectivity index (χ0n) is 10.3. The summed E-state index contributed by atoms with van der Waals surface area (Å²) in [5.41, 5.74) is 3.00. The van der Waals surface area contributed by atoms with Crippen LogP contribution in [-0.2, 0) is 4.74 Å². The first-order valence-electron chi connectivity index (χ1n) is 5.58. The quantitative estimate of drug-likeness (QED) is 0.582. The fourth-order valence-corrected chi connectivity index (χ4v) is 2.10. The molecule has 15 heavy (non-hydrogen) atoms. The second kappa shape index (κ2) is 3.01. The fourth-order valence-electron chi connectivity index (χ4n) is 2.10. The summed E-state index contributed by atoms with van der Waals surface area (Å²) in [4.78, 5) is 0. The minimum absolute atomic E-state index is 0.110. The van der Waals surface area contributed by atoms with Gasteiger partial charge in [-0.05, 0) is 17.2 Å². The fraction of sp³-hybridized carbons (Fsp3) is 0.571. The molecule has 0 N–H and O–H groups in total. The maximum Gasteiger partial charge on any atom is 0.113 e. The van der Waals surface area contributed by atoms with Gasteiger partial charge in [-0.25, -0.2) is 0 Å². The third-order valence-electron chi connectivity index (χ3n) is 2.85. The van der Waals surface area contributed by atoms with Crippen LogP contribution in [0.25, 0.3) is 0 Å². The standard InChI is InChI=1S/C14H20O/c1-13(2,3)12-6-10-7-14(4,5)8-11(10)9-15-12/h6-8H,9H2,1-5H3. The van der Waals surface area contributed by atoms with Gasteiger partial charge in [-0.2, -0.15) is 0 Å². The minimum Gasteiger partial charge on any atom is -0.493 e. The van der Waals surface area contributed by atoms with Gasteiger partial charge in [0.2, 0.25) is 0 Å². The zero-order chi connectivity index (χ0) is 11.3. The van der Waals surface area contributed by atoms with E-state index in [2.05, 4.69) is 52.8 Å². The average molecular weight is 204 g/mol. The summed E-state index contributed by atoms with van der Waals surface area (Å²) in [6.07, 6.45) is 6.83. The normalized spacial score (nSPS) is 23.7. The Bertz CT molecular complexity index is 373. The first-order valence-corrected chi connectivity index (χ1v) is 5.58. The van der Waals surface area contributed by atoms with Crippen LogP contribution in [0.15, 0.2) is 35.1 Å². The molecule has 82 valence electrons. The molecule has 2 rings (SSSR count). The van der Waals surface area contributed by atoms with Crippen molar-refractivity contribution in [2.75, 3.05) is 6.61 Å². The predicted octanol–water partition coefficient (Wildman–Crippen LogP) is 3.84. The third kappa shape index (κ3) is 2.01. The van der Waals surface area contributed by atoms with Crippen LogP contribution in [0.4, 0.5) is 0 Å². The van der Waals surface area contributed by atoms with Crippen molar-refractivity contribution in [1.29, 1.82) is 0 Å². The molecular weight excluding hydrogens is 184 g/mol. The van der Waals surface area contributed by atoms with Gasteiger partial charge in [0.1, 0.15) is 12.4 Å². The van der Waals surface area contributed by atoms with Crippen LogP contribution < -0.4 is 0 Å². The molecule has 0 atom stereocenters. The molecule has 1 aliphatic heterocycles. The Balaban J connectivity index is 2.36. The molecular formula is C14H20O. The van der Waals surface area contributed by atoms with Gasteiger partial charge in [-0.1, -0.05) is 46.8 Å². The molecule has 0 amide bonds. The minimum atomic E-state index is 0.110. The Morgan fingerprint density at radius 1 is 1.20 bits per heavy atom. The summed E-state index contributed by atoms with van der Waals surface area (Å²) < 4.78 is 5.80. The van der Waals surface area contributed by atoms with Gasteiger partial charge >= 0.3 is 0 Å². The van der Waals surface area contributed by atoms with E-state index in [1.165, 1.54) is 11.1 Å². The Morgan fingerprint density at radius 3 is 2.47 bits per heavy atom. The van der Waals surface area contributed by atoms with E-state index >= 15 is 0 Å². The molecule has 0 radical (unpaired) electrons. The van der Waals surface area contributed by atoms with E-state index in [0.29, 0.717) is 0 Å². The molecule has 0 spiro atoms. The number of hydrogen-bond acceptors (Lipinski definition) is 1. The summed E-state index contributed by atoms with van der Waals surface area (Å²) in [5, 5.41) is 0. The molecule has 2 aliphatic rings. The highest BCUT2D eigenvalue weighted by molar-refractivity contribution is 5.51. The Kier molecular flexibility index (Phi) is 2.11. The van der Waals surface area contributed by atoms with Crippen molar-refractivity contribution in [2.45, 2.75) is 34.6 Å². The van der Waals surface area contributed by atoms with Crippen molar-refractivity contribution in [3.8, 4) is 0 Å². The molecule has 1 aliphatic carbocycles. The highest BCUT2D eigenvalue weighted by Crippen LogP contribution is 2.40. The highest BCUT2D eigenvalue weighted by atomic mass is 16.5. The van der Waals surface area contributed by atoms with Gasteiger partial charge in [0.25, 0.3) is 0 Å². The van der Waals surface area contributed by atoms with Crippen molar-refractivity contribution in [2.24, 2.45) is 10.8 Å². The van der Waals surface area contributed by atoms with Gasteiger partial charge in [-0.15, -0.1) is 0 Å². The van der Waals surface area contributed by atoms with E-state index in [0.717, 1.165) is 12.4 Å². The first-order chi connectivity index (χ1) is 6.78.